The number of carbonyl (C=O) groups is 1. The van der Waals surface area contributed by atoms with E-state index in [1.54, 1.807) is 16.8 Å². The van der Waals surface area contributed by atoms with Crippen LogP contribution in [0, 0.1) is 19.7 Å². The van der Waals surface area contributed by atoms with Gasteiger partial charge in [-0.15, -0.1) is 10.2 Å². The zero-order chi connectivity index (χ0) is 22.8. The van der Waals surface area contributed by atoms with Gasteiger partial charge in [0.15, 0.2) is 5.16 Å². The molecule has 0 spiro atoms. The number of halogens is 1. The van der Waals surface area contributed by atoms with E-state index >= 15 is 0 Å². The normalized spacial score (nSPS) is 12.1. The molecule has 0 aliphatic rings. The minimum absolute atomic E-state index is 0.182. The largest absolute Gasteiger partial charge is 0.325 e. The highest BCUT2D eigenvalue weighted by molar-refractivity contribution is 8.00. The summed E-state index contributed by atoms with van der Waals surface area (Å²) in [6, 6.07) is 11.4. The van der Waals surface area contributed by atoms with Crippen LogP contribution in [0.25, 0.3) is 11.3 Å². The summed E-state index contributed by atoms with van der Waals surface area (Å²) in [5, 5.41) is 11.0. The SMILES string of the molecule is CCC(Sc1nnc2c(=O)n(-c3ccc(C)c(C)c3)ccn12)C(=O)Nc1ccc(F)cc1. The fourth-order valence-electron chi connectivity index (χ4n) is 3.23. The molecule has 9 heteroatoms. The summed E-state index contributed by atoms with van der Waals surface area (Å²) in [6.45, 7) is 5.90. The molecule has 1 N–H and O–H groups in total. The molecule has 1 atom stereocenters. The van der Waals surface area contributed by atoms with Crippen molar-refractivity contribution in [1.82, 2.24) is 19.2 Å². The topological polar surface area (TPSA) is 81.3 Å². The maximum atomic E-state index is 13.1. The summed E-state index contributed by atoms with van der Waals surface area (Å²) in [4.78, 5) is 25.7. The fraction of sp³-hybridized carbons (Fsp3) is 0.217. The number of hydrogen-bond donors (Lipinski definition) is 1. The molecule has 0 aliphatic heterocycles. The van der Waals surface area contributed by atoms with Gasteiger partial charge in [0.25, 0.3) is 0 Å². The van der Waals surface area contributed by atoms with Gasteiger partial charge in [0, 0.05) is 23.8 Å². The average Bonchev–Trinajstić information content (AvgIpc) is 3.19. The van der Waals surface area contributed by atoms with E-state index in [1.165, 1.54) is 40.6 Å². The number of rotatable bonds is 6. The number of nitrogens with zero attached hydrogens (tertiary/aromatic N) is 4. The Labute approximate surface area is 188 Å². The summed E-state index contributed by atoms with van der Waals surface area (Å²) in [6.07, 6.45) is 3.93. The van der Waals surface area contributed by atoms with E-state index in [2.05, 4.69) is 15.5 Å². The van der Waals surface area contributed by atoms with Crippen molar-refractivity contribution in [3.8, 4) is 5.69 Å². The van der Waals surface area contributed by atoms with E-state index in [1.807, 2.05) is 39.0 Å². The van der Waals surface area contributed by atoms with Crippen molar-refractivity contribution in [1.29, 1.82) is 0 Å². The van der Waals surface area contributed by atoms with Gasteiger partial charge >= 0.3 is 5.56 Å². The van der Waals surface area contributed by atoms with Gasteiger partial charge in [0.2, 0.25) is 11.6 Å². The maximum Gasteiger partial charge on any atom is 0.300 e. The van der Waals surface area contributed by atoms with Gasteiger partial charge < -0.3 is 5.32 Å². The molecule has 4 aromatic rings. The monoisotopic (exact) mass is 451 g/mol. The first-order valence-corrected chi connectivity index (χ1v) is 11.0. The van der Waals surface area contributed by atoms with Crippen LogP contribution in [-0.2, 0) is 4.79 Å². The van der Waals surface area contributed by atoms with E-state index in [0.29, 0.717) is 17.3 Å². The second-order valence-corrected chi connectivity index (χ2v) is 8.60. The van der Waals surface area contributed by atoms with Crippen molar-refractivity contribution in [3.05, 3.63) is 82.2 Å². The number of amides is 1. The molecule has 4 rings (SSSR count). The number of benzene rings is 2. The first-order valence-electron chi connectivity index (χ1n) is 10.1. The van der Waals surface area contributed by atoms with Crippen LogP contribution < -0.4 is 10.9 Å². The lowest BCUT2D eigenvalue weighted by atomic mass is 10.1. The lowest BCUT2D eigenvalue weighted by Gasteiger charge is -2.14. The number of anilines is 1. The van der Waals surface area contributed by atoms with Crippen LogP contribution in [0.5, 0.6) is 0 Å². The smallest absolute Gasteiger partial charge is 0.300 e. The number of fused-ring (bicyclic) bond motifs is 1. The Balaban J connectivity index is 1.59. The zero-order valence-corrected chi connectivity index (χ0v) is 18.7. The summed E-state index contributed by atoms with van der Waals surface area (Å²) < 4.78 is 16.2. The second kappa shape index (κ2) is 8.96. The third kappa shape index (κ3) is 4.29. The molecule has 32 heavy (non-hydrogen) atoms. The van der Waals surface area contributed by atoms with E-state index in [9.17, 15) is 14.0 Å². The van der Waals surface area contributed by atoms with Crippen molar-refractivity contribution in [2.45, 2.75) is 37.6 Å². The number of aryl methyl sites for hydroxylation is 2. The van der Waals surface area contributed by atoms with Crippen LogP contribution in [0.15, 0.2) is 64.8 Å². The molecule has 0 bridgehead atoms. The molecular formula is C23H22FN5O2S. The highest BCUT2D eigenvalue weighted by atomic mass is 32.2. The Morgan fingerprint density at radius 3 is 2.53 bits per heavy atom. The van der Waals surface area contributed by atoms with E-state index < -0.39 is 5.25 Å². The fourth-order valence-corrected chi connectivity index (χ4v) is 4.17. The standard InChI is InChI=1S/C23H22FN5O2S/c1-4-19(21(30)25-17-8-6-16(24)7-9-17)32-23-27-26-20-22(31)28(11-12-29(20)23)18-10-5-14(2)15(3)13-18/h5-13,19H,4H2,1-3H3,(H,25,30). The Kier molecular flexibility index (Phi) is 6.09. The molecule has 1 unspecified atom stereocenters. The predicted molar refractivity (Wildman–Crippen MR) is 123 cm³/mol. The number of aromatic nitrogens is 4. The average molecular weight is 452 g/mol. The molecule has 0 saturated carbocycles. The molecule has 2 heterocycles. The van der Waals surface area contributed by atoms with Crippen molar-refractivity contribution >= 4 is 29.0 Å². The van der Waals surface area contributed by atoms with Crippen molar-refractivity contribution in [2.75, 3.05) is 5.32 Å². The van der Waals surface area contributed by atoms with Gasteiger partial charge in [-0.1, -0.05) is 24.8 Å². The molecule has 7 nitrogen and oxygen atoms in total. The quantitative estimate of drug-likeness (QED) is 0.446. The zero-order valence-electron chi connectivity index (χ0n) is 17.9. The van der Waals surface area contributed by atoms with Crippen LogP contribution >= 0.6 is 11.8 Å². The first-order chi connectivity index (χ1) is 15.4. The van der Waals surface area contributed by atoms with Gasteiger partial charge in [-0.3, -0.25) is 18.6 Å². The maximum absolute atomic E-state index is 13.1. The number of nitrogens with one attached hydrogen (secondary N) is 1. The Hall–Kier alpha value is -3.46. The first kappa shape index (κ1) is 21.8. The lowest BCUT2D eigenvalue weighted by molar-refractivity contribution is -0.115. The van der Waals surface area contributed by atoms with E-state index in [4.69, 9.17) is 0 Å². The van der Waals surface area contributed by atoms with Gasteiger partial charge in [-0.2, -0.15) is 0 Å². The van der Waals surface area contributed by atoms with Crippen molar-refractivity contribution in [2.24, 2.45) is 0 Å². The highest BCUT2D eigenvalue weighted by Crippen LogP contribution is 2.25. The highest BCUT2D eigenvalue weighted by Gasteiger charge is 2.22. The van der Waals surface area contributed by atoms with Gasteiger partial charge in [-0.25, -0.2) is 4.39 Å². The van der Waals surface area contributed by atoms with Crippen molar-refractivity contribution in [3.63, 3.8) is 0 Å². The summed E-state index contributed by atoms with van der Waals surface area (Å²) in [5.74, 6) is -0.602. The van der Waals surface area contributed by atoms with E-state index in [-0.39, 0.29) is 22.9 Å². The van der Waals surface area contributed by atoms with Gasteiger partial charge in [0.05, 0.1) is 5.25 Å². The number of hydrogen-bond acceptors (Lipinski definition) is 5. The molecule has 1 amide bonds. The van der Waals surface area contributed by atoms with E-state index in [0.717, 1.165) is 16.8 Å². The Morgan fingerprint density at radius 2 is 1.84 bits per heavy atom. The summed E-state index contributed by atoms with van der Waals surface area (Å²) in [7, 11) is 0. The summed E-state index contributed by atoms with van der Waals surface area (Å²) >= 11 is 1.23. The number of thioether (sulfide) groups is 1. The third-order valence-corrected chi connectivity index (χ3v) is 6.55. The Bertz CT molecular complexity index is 1350. The van der Waals surface area contributed by atoms with Crippen molar-refractivity contribution < 1.29 is 9.18 Å². The molecule has 0 saturated heterocycles. The molecule has 2 aromatic carbocycles. The molecule has 2 aromatic heterocycles. The van der Waals surface area contributed by atoms with Gasteiger partial charge in [-0.05, 0) is 67.8 Å². The van der Waals surface area contributed by atoms with Crippen LogP contribution in [0.4, 0.5) is 10.1 Å². The molecular weight excluding hydrogens is 429 g/mol. The predicted octanol–water partition coefficient (Wildman–Crippen LogP) is 4.15. The van der Waals surface area contributed by atoms with Crippen LogP contribution in [0.1, 0.15) is 24.5 Å². The molecule has 164 valence electrons. The second-order valence-electron chi connectivity index (χ2n) is 7.43. The van der Waals surface area contributed by atoms with Crippen LogP contribution in [0.3, 0.4) is 0 Å². The minimum Gasteiger partial charge on any atom is -0.325 e. The minimum atomic E-state index is -0.463. The van der Waals surface area contributed by atoms with Gasteiger partial charge in [0.1, 0.15) is 5.82 Å². The molecule has 0 radical (unpaired) electrons. The lowest BCUT2D eigenvalue weighted by Crippen LogP contribution is -2.25. The van der Waals surface area contributed by atoms with Crippen LogP contribution in [0.2, 0.25) is 0 Å². The molecule has 0 aliphatic carbocycles. The molecule has 0 fully saturated rings. The van der Waals surface area contributed by atoms with Crippen LogP contribution in [-0.4, -0.2) is 30.3 Å². The Morgan fingerprint density at radius 1 is 1.09 bits per heavy atom. The third-order valence-electron chi connectivity index (χ3n) is 5.23. The summed E-state index contributed by atoms with van der Waals surface area (Å²) in [5.41, 5.74) is 3.39. The number of carbonyl (C=O) groups excluding carboxylic acids is 1.